The predicted octanol–water partition coefficient (Wildman–Crippen LogP) is 0.802. The number of nitrogens with two attached hydrogens (primary N) is 1. The van der Waals surface area contributed by atoms with Crippen molar-refractivity contribution in [2.45, 2.75) is 24.0 Å². The van der Waals surface area contributed by atoms with Crippen LogP contribution in [0.25, 0.3) is 0 Å². The fourth-order valence-corrected chi connectivity index (χ4v) is 4.22. The lowest BCUT2D eigenvalue weighted by Gasteiger charge is -2.35. The maximum Gasteiger partial charge on any atom is 0.243 e. The lowest BCUT2D eigenvalue weighted by atomic mass is 10.2. The Morgan fingerprint density at radius 3 is 2.80 bits per heavy atom. The molecule has 6 nitrogen and oxygen atoms in total. The van der Waals surface area contributed by atoms with Crippen molar-refractivity contribution in [1.29, 1.82) is 0 Å². The fourth-order valence-electron chi connectivity index (χ4n) is 2.12. The van der Waals surface area contributed by atoms with Gasteiger partial charge in [-0.3, -0.25) is 0 Å². The van der Waals surface area contributed by atoms with Gasteiger partial charge in [-0.1, -0.05) is 0 Å². The van der Waals surface area contributed by atoms with Crippen molar-refractivity contribution in [2.75, 3.05) is 25.4 Å². The molecule has 1 heterocycles. The summed E-state index contributed by atoms with van der Waals surface area (Å²) in [5.74, 6) is 0. The zero-order chi connectivity index (χ0) is 14.9. The van der Waals surface area contributed by atoms with Crippen LogP contribution in [-0.4, -0.2) is 49.7 Å². The summed E-state index contributed by atoms with van der Waals surface area (Å²) in [6.45, 7) is 1.98. The zero-order valence-corrected chi connectivity index (χ0v) is 13.4. The predicted molar refractivity (Wildman–Crippen MR) is 78.7 cm³/mol. The maximum atomic E-state index is 12.6. The molecule has 2 unspecified atom stereocenters. The van der Waals surface area contributed by atoms with Gasteiger partial charge in [-0.25, -0.2) is 8.42 Å². The number of sulfonamides is 1. The van der Waals surface area contributed by atoms with Crippen molar-refractivity contribution in [3.63, 3.8) is 0 Å². The van der Waals surface area contributed by atoms with Crippen molar-refractivity contribution in [1.82, 2.24) is 4.31 Å². The van der Waals surface area contributed by atoms with Crippen LogP contribution in [0.15, 0.2) is 27.6 Å². The molecule has 20 heavy (non-hydrogen) atoms. The molecular weight excluding hydrogens is 348 g/mol. The number of nitrogen functional groups attached to an aromatic ring is 1. The molecule has 0 aromatic heterocycles. The van der Waals surface area contributed by atoms with Crippen molar-refractivity contribution in [2.24, 2.45) is 0 Å². The van der Waals surface area contributed by atoms with Gasteiger partial charge < -0.3 is 15.6 Å². The molecule has 8 heteroatoms. The minimum Gasteiger partial charge on any atom is -0.398 e. The van der Waals surface area contributed by atoms with Crippen LogP contribution in [0.4, 0.5) is 5.69 Å². The van der Waals surface area contributed by atoms with Crippen LogP contribution in [0, 0.1) is 0 Å². The maximum absolute atomic E-state index is 12.6. The van der Waals surface area contributed by atoms with Crippen LogP contribution in [0.1, 0.15) is 6.92 Å². The molecule has 0 aliphatic carbocycles. The normalized spacial score (nSPS) is 24.8. The molecule has 112 valence electrons. The molecule has 1 aromatic carbocycles. The Kier molecular flexibility index (Phi) is 4.70. The number of hydrogen-bond acceptors (Lipinski definition) is 5. The van der Waals surface area contributed by atoms with Crippen LogP contribution in [0.5, 0.6) is 0 Å². The number of hydrogen-bond donors (Lipinski definition) is 2. The smallest absolute Gasteiger partial charge is 0.243 e. The standard InChI is InChI=1S/C12H17BrN2O4S/c1-8-5-15(6-9(7-16)19-8)20(17,18)10-2-3-12(14)11(13)4-10/h2-4,8-9,16H,5-7,14H2,1H3. The summed E-state index contributed by atoms with van der Waals surface area (Å²) in [5.41, 5.74) is 6.15. The topological polar surface area (TPSA) is 92.9 Å². The lowest BCUT2D eigenvalue weighted by Crippen LogP contribution is -2.50. The van der Waals surface area contributed by atoms with Gasteiger partial charge in [0.15, 0.2) is 0 Å². The molecule has 1 aliphatic heterocycles. The lowest BCUT2D eigenvalue weighted by molar-refractivity contribution is -0.0750. The van der Waals surface area contributed by atoms with Gasteiger partial charge in [0.25, 0.3) is 0 Å². The van der Waals surface area contributed by atoms with E-state index in [1.807, 2.05) is 0 Å². The third-order valence-corrected chi connectivity index (χ3v) is 5.62. The molecule has 2 atom stereocenters. The van der Waals surface area contributed by atoms with E-state index in [9.17, 15) is 13.5 Å². The molecule has 1 fully saturated rings. The van der Waals surface area contributed by atoms with Crippen LogP contribution >= 0.6 is 15.9 Å². The number of benzene rings is 1. The number of aliphatic hydroxyl groups is 1. The van der Waals surface area contributed by atoms with E-state index in [2.05, 4.69) is 15.9 Å². The second-order valence-electron chi connectivity index (χ2n) is 4.76. The number of ether oxygens (including phenoxy) is 1. The van der Waals surface area contributed by atoms with Gasteiger partial charge in [0, 0.05) is 23.2 Å². The molecule has 0 amide bonds. The highest BCUT2D eigenvalue weighted by molar-refractivity contribution is 9.10. The van der Waals surface area contributed by atoms with Crippen LogP contribution in [0.3, 0.4) is 0 Å². The first kappa shape index (κ1) is 15.7. The first-order chi connectivity index (χ1) is 9.34. The summed E-state index contributed by atoms with van der Waals surface area (Å²) in [6.07, 6.45) is -0.751. The summed E-state index contributed by atoms with van der Waals surface area (Å²) in [5, 5.41) is 9.17. The number of halogens is 1. The molecule has 1 aromatic rings. The van der Waals surface area contributed by atoms with Gasteiger partial charge in [-0.2, -0.15) is 4.31 Å². The van der Waals surface area contributed by atoms with Crippen molar-refractivity contribution in [3.05, 3.63) is 22.7 Å². The minimum absolute atomic E-state index is 0.144. The van der Waals surface area contributed by atoms with Crippen LogP contribution < -0.4 is 5.73 Å². The molecule has 0 spiro atoms. The zero-order valence-electron chi connectivity index (χ0n) is 11.0. The van der Waals surface area contributed by atoms with Crippen LogP contribution in [0.2, 0.25) is 0 Å². The highest BCUT2D eigenvalue weighted by Crippen LogP contribution is 2.26. The number of nitrogens with zero attached hydrogens (tertiary/aromatic N) is 1. The van der Waals surface area contributed by atoms with Gasteiger partial charge >= 0.3 is 0 Å². The highest BCUT2D eigenvalue weighted by Gasteiger charge is 2.33. The molecule has 3 N–H and O–H groups in total. The third kappa shape index (κ3) is 3.15. The van der Waals surface area contributed by atoms with Crippen molar-refractivity contribution < 1.29 is 18.3 Å². The Balaban J connectivity index is 2.31. The summed E-state index contributed by atoms with van der Waals surface area (Å²) in [7, 11) is -3.62. The van der Waals surface area contributed by atoms with Crippen molar-refractivity contribution >= 4 is 31.6 Å². The van der Waals surface area contributed by atoms with Gasteiger partial charge in [-0.15, -0.1) is 0 Å². The van der Waals surface area contributed by atoms with E-state index in [1.165, 1.54) is 16.4 Å². The number of rotatable bonds is 3. The monoisotopic (exact) mass is 364 g/mol. The largest absolute Gasteiger partial charge is 0.398 e. The van der Waals surface area contributed by atoms with Gasteiger partial charge in [0.1, 0.15) is 0 Å². The first-order valence-corrected chi connectivity index (χ1v) is 8.39. The first-order valence-electron chi connectivity index (χ1n) is 6.16. The van der Waals surface area contributed by atoms with Crippen molar-refractivity contribution in [3.8, 4) is 0 Å². The Bertz CT molecular complexity index is 593. The SMILES string of the molecule is CC1CN(S(=O)(=O)c2ccc(N)c(Br)c2)CC(CO)O1. The minimum atomic E-state index is -3.62. The van der Waals surface area contributed by atoms with Gasteiger partial charge in [0.2, 0.25) is 10.0 Å². The number of anilines is 1. The van der Waals surface area contributed by atoms with E-state index < -0.39 is 16.1 Å². The Labute approximate surface area is 126 Å². The number of morpholine rings is 1. The third-order valence-electron chi connectivity index (χ3n) is 3.11. The molecular formula is C12H17BrN2O4S. The molecule has 0 bridgehead atoms. The van der Waals surface area contributed by atoms with E-state index in [4.69, 9.17) is 10.5 Å². The van der Waals surface area contributed by atoms with Gasteiger partial charge in [-0.05, 0) is 41.1 Å². The molecule has 0 radical (unpaired) electrons. The second kappa shape index (κ2) is 5.98. The average molecular weight is 365 g/mol. The molecule has 0 saturated carbocycles. The van der Waals surface area contributed by atoms with E-state index in [-0.39, 0.29) is 30.7 Å². The van der Waals surface area contributed by atoms with E-state index in [0.717, 1.165) is 0 Å². The second-order valence-corrected chi connectivity index (χ2v) is 7.55. The average Bonchev–Trinajstić information content (AvgIpc) is 2.41. The summed E-state index contributed by atoms with van der Waals surface area (Å²) in [6, 6.07) is 4.51. The van der Waals surface area contributed by atoms with Crippen LogP contribution in [-0.2, 0) is 14.8 Å². The molecule has 2 rings (SSSR count). The quantitative estimate of drug-likeness (QED) is 0.773. The molecule has 1 aliphatic rings. The Morgan fingerprint density at radius 2 is 2.20 bits per heavy atom. The fraction of sp³-hybridized carbons (Fsp3) is 0.500. The summed E-state index contributed by atoms with van der Waals surface area (Å²) < 4.78 is 32.5. The van der Waals surface area contributed by atoms with E-state index >= 15 is 0 Å². The summed E-state index contributed by atoms with van der Waals surface area (Å²) in [4.78, 5) is 0.171. The Morgan fingerprint density at radius 1 is 1.50 bits per heavy atom. The van der Waals surface area contributed by atoms with E-state index in [0.29, 0.717) is 10.2 Å². The summed E-state index contributed by atoms with van der Waals surface area (Å²) >= 11 is 3.23. The van der Waals surface area contributed by atoms with Gasteiger partial charge in [0.05, 0.1) is 23.7 Å². The number of aliphatic hydroxyl groups excluding tert-OH is 1. The Hall–Kier alpha value is -0.670. The molecule has 1 saturated heterocycles. The van der Waals surface area contributed by atoms with E-state index in [1.54, 1.807) is 13.0 Å². The highest BCUT2D eigenvalue weighted by atomic mass is 79.9.